The number of carbonyl (C=O) groups excluding carboxylic acids is 1. The van der Waals surface area contributed by atoms with Crippen LogP contribution >= 0.6 is 0 Å². The van der Waals surface area contributed by atoms with Crippen LogP contribution in [0.3, 0.4) is 0 Å². The van der Waals surface area contributed by atoms with E-state index in [9.17, 15) is 13.2 Å². The topological polar surface area (TPSA) is 72.9 Å². The second-order valence-corrected chi connectivity index (χ2v) is 12.6. The molecule has 0 unspecified atom stereocenters. The maximum atomic E-state index is 14.0. The summed E-state index contributed by atoms with van der Waals surface area (Å²) < 4.78 is 34.7. The maximum absolute atomic E-state index is 14.0. The third-order valence-electron chi connectivity index (χ3n) is 7.54. The van der Waals surface area contributed by atoms with Crippen LogP contribution in [0.25, 0.3) is 0 Å². The highest BCUT2D eigenvalue weighted by Gasteiger charge is 2.55. The van der Waals surface area contributed by atoms with Gasteiger partial charge in [0.2, 0.25) is 5.91 Å². The Balaban J connectivity index is 1.59. The van der Waals surface area contributed by atoms with E-state index in [0.717, 1.165) is 24.8 Å². The van der Waals surface area contributed by atoms with E-state index >= 15 is 0 Å². The van der Waals surface area contributed by atoms with Crippen LogP contribution in [0.1, 0.15) is 64.9 Å². The average molecular weight is 464 g/mol. The monoisotopic (exact) mass is 463 g/mol. The largest absolute Gasteiger partial charge is 0.493 e. The normalized spacial score (nSPS) is 28.7. The quantitative estimate of drug-likeness (QED) is 0.500. The summed E-state index contributed by atoms with van der Waals surface area (Å²) in [7, 11) is -2.19. The van der Waals surface area contributed by atoms with Gasteiger partial charge >= 0.3 is 10.1 Å². The predicted octanol–water partition coefficient (Wildman–Crippen LogP) is 4.62. The molecule has 7 heteroatoms. The molecular weight excluding hydrogens is 426 g/mol. The summed E-state index contributed by atoms with van der Waals surface area (Å²) in [6.07, 6.45) is 7.04. The van der Waals surface area contributed by atoms with Crippen molar-refractivity contribution < 1.29 is 22.1 Å². The number of hydrogen-bond acceptors (Lipinski definition) is 5. The van der Waals surface area contributed by atoms with Gasteiger partial charge < -0.3 is 13.8 Å². The first-order valence-electron chi connectivity index (χ1n) is 12.0. The van der Waals surface area contributed by atoms with Crippen molar-refractivity contribution in [2.75, 3.05) is 19.4 Å². The molecule has 0 aliphatic heterocycles. The van der Waals surface area contributed by atoms with Crippen LogP contribution in [0.2, 0.25) is 0 Å². The fraction of sp³-hybridized carbons (Fsp3) is 0.720. The number of hydrogen-bond donors (Lipinski definition) is 0. The number of methoxy groups -OCH3 is 1. The second kappa shape index (κ2) is 8.88. The standard InChI is InChI=1S/C25H37NO5S/c1-5-32(28,29)31-23-11-18(6-7-22(23)30-4)16-26(15-17(2)3)24(27)25-12-19-8-20(13-25)10-21(9-19)14-25/h6-7,11,17,19-21H,5,8-10,12-16H2,1-4H3. The van der Waals surface area contributed by atoms with Crippen molar-refractivity contribution in [2.45, 2.75) is 65.8 Å². The van der Waals surface area contributed by atoms with Crippen LogP contribution in [-0.2, 0) is 21.5 Å². The molecule has 0 aromatic heterocycles. The van der Waals surface area contributed by atoms with Crippen molar-refractivity contribution in [3.8, 4) is 11.5 Å². The Hall–Kier alpha value is -1.76. The number of carbonyl (C=O) groups is 1. The van der Waals surface area contributed by atoms with E-state index in [1.165, 1.54) is 26.4 Å². The Labute approximate surface area is 192 Å². The molecule has 0 N–H and O–H groups in total. The van der Waals surface area contributed by atoms with Gasteiger partial charge in [0.05, 0.1) is 18.3 Å². The van der Waals surface area contributed by atoms with Crippen molar-refractivity contribution in [2.24, 2.45) is 29.1 Å². The zero-order valence-corrected chi connectivity index (χ0v) is 20.6. The molecular formula is C25H37NO5S. The molecule has 1 amide bonds. The zero-order chi connectivity index (χ0) is 23.1. The summed E-state index contributed by atoms with van der Waals surface area (Å²) in [6, 6.07) is 5.31. The summed E-state index contributed by atoms with van der Waals surface area (Å²) in [4.78, 5) is 16.0. The summed E-state index contributed by atoms with van der Waals surface area (Å²) in [5, 5.41) is 0. The van der Waals surface area contributed by atoms with Gasteiger partial charge in [-0.2, -0.15) is 8.42 Å². The van der Waals surface area contributed by atoms with Crippen LogP contribution in [0.15, 0.2) is 18.2 Å². The molecule has 32 heavy (non-hydrogen) atoms. The lowest BCUT2D eigenvalue weighted by molar-refractivity contribution is -0.159. The second-order valence-electron chi connectivity index (χ2n) is 10.7. The molecule has 4 aliphatic carbocycles. The first kappa shape index (κ1) is 23.4. The molecule has 1 aromatic carbocycles. The smallest absolute Gasteiger partial charge is 0.309 e. The van der Waals surface area contributed by atoms with Crippen molar-refractivity contribution in [1.29, 1.82) is 0 Å². The third-order valence-corrected chi connectivity index (χ3v) is 8.68. The predicted molar refractivity (Wildman–Crippen MR) is 124 cm³/mol. The Morgan fingerprint density at radius 3 is 2.19 bits per heavy atom. The number of rotatable bonds is 9. The van der Waals surface area contributed by atoms with Crippen LogP contribution in [0.5, 0.6) is 11.5 Å². The molecule has 0 saturated heterocycles. The van der Waals surface area contributed by atoms with Crippen molar-refractivity contribution >= 4 is 16.0 Å². The molecule has 4 aliphatic rings. The zero-order valence-electron chi connectivity index (χ0n) is 19.8. The molecule has 4 bridgehead atoms. The van der Waals surface area contributed by atoms with Crippen molar-refractivity contribution in [1.82, 2.24) is 4.90 Å². The van der Waals surface area contributed by atoms with Gasteiger partial charge in [-0.05, 0) is 86.8 Å². The van der Waals surface area contributed by atoms with Crippen LogP contribution in [0.4, 0.5) is 0 Å². The first-order valence-corrected chi connectivity index (χ1v) is 13.6. The molecule has 0 spiro atoms. The average Bonchev–Trinajstić information content (AvgIpc) is 2.71. The van der Waals surface area contributed by atoms with Gasteiger partial charge in [0, 0.05) is 13.1 Å². The first-order chi connectivity index (χ1) is 15.1. The fourth-order valence-electron chi connectivity index (χ4n) is 6.67. The summed E-state index contributed by atoms with van der Waals surface area (Å²) in [5.74, 6) is 3.22. The lowest BCUT2D eigenvalue weighted by Crippen LogP contribution is -2.54. The van der Waals surface area contributed by atoms with Crippen LogP contribution < -0.4 is 8.92 Å². The Kier molecular flexibility index (Phi) is 6.49. The van der Waals surface area contributed by atoms with Crippen molar-refractivity contribution in [3.63, 3.8) is 0 Å². The summed E-state index contributed by atoms with van der Waals surface area (Å²) in [6.45, 7) is 6.95. The molecule has 0 atom stereocenters. The number of benzene rings is 1. The Morgan fingerprint density at radius 2 is 1.69 bits per heavy atom. The van der Waals surface area contributed by atoms with Crippen LogP contribution in [-0.4, -0.2) is 38.6 Å². The Bertz CT molecular complexity index is 920. The minimum absolute atomic E-state index is 0.121. The summed E-state index contributed by atoms with van der Waals surface area (Å²) >= 11 is 0. The highest BCUT2D eigenvalue weighted by molar-refractivity contribution is 7.87. The van der Waals surface area contributed by atoms with Gasteiger partial charge in [-0.3, -0.25) is 4.79 Å². The molecule has 5 rings (SSSR count). The molecule has 6 nitrogen and oxygen atoms in total. The number of nitrogens with zero attached hydrogens (tertiary/aromatic N) is 1. The SMILES string of the molecule is CCS(=O)(=O)Oc1cc(CN(CC(C)C)C(=O)C23CC4CC(CC(C4)C2)C3)ccc1OC. The number of amides is 1. The molecule has 178 valence electrons. The van der Waals surface area contributed by atoms with Gasteiger partial charge in [0.15, 0.2) is 11.5 Å². The van der Waals surface area contributed by atoms with Crippen molar-refractivity contribution in [3.05, 3.63) is 23.8 Å². The van der Waals surface area contributed by atoms with Gasteiger partial charge in [0.1, 0.15) is 0 Å². The van der Waals surface area contributed by atoms with E-state index in [2.05, 4.69) is 13.8 Å². The van der Waals surface area contributed by atoms with Gasteiger partial charge in [-0.1, -0.05) is 19.9 Å². The van der Waals surface area contributed by atoms with E-state index in [1.54, 1.807) is 19.1 Å². The van der Waals surface area contributed by atoms with E-state index in [0.29, 0.717) is 48.4 Å². The minimum Gasteiger partial charge on any atom is -0.493 e. The summed E-state index contributed by atoms with van der Waals surface area (Å²) in [5.41, 5.74) is 0.659. The highest BCUT2D eigenvalue weighted by Crippen LogP contribution is 2.60. The molecule has 4 fully saturated rings. The highest BCUT2D eigenvalue weighted by atomic mass is 32.2. The molecule has 0 heterocycles. The van der Waals surface area contributed by atoms with E-state index in [1.807, 2.05) is 11.0 Å². The van der Waals surface area contributed by atoms with Gasteiger partial charge in [-0.25, -0.2) is 0 Å². The van der Waals surface area contributed by atoms with Gasteiger partial charge in [0.25, 0.3) is 0 Å². The molecule has 1 aromatic rings. The minimum atomic E-state index is -3.68. The molecule has 0 radical (unpaired) electrons. The lowest BCUT2D eigenvalue weighted by atomic mass is 9.49. The number of ether oxygens (including phenoxy) is 1. The fourth-order valence-corrected chi connectivity index (χ4v) is 7.19. The van der Waals surface area contributed by atoms with E-state index < -0.39 is 10.1 Å². The lowest BCUT2D eigenvalue weighted by Gasteiger charge is -2.56. The maximum Gasteiger partial charge on any atom is 0.309 e. The van der Waals surface area contributed by atoms with E-state index in [4.69, 9.17) is 8.92 Å². The van der Waals surface area contributed by atoms with Gasteiger partial charge in [-0.15, -0.1) is 0 Å². The third kappa shape index (κ3) is 4.78. The van der Waals surface area contributed by atoms with Crippen LogP contribution in [0, 0.1) is 29.1 Å². The van der Waals surface area contributed by atoms with E-state index in [-0.39, 0.29) is 16.9 Å². The Morgan fingerprint density at radius 1 is 1.09 bits per heavy atom. The molecule has 4 saturated carbocycles.